The number of nitrogens with one attached hydrogen (secondary N) is 1. The summed E-state index contributed by atoms with van der Waals surface area (Å²) in [4.78, 5) is 50.0. The van der Waals surface area contributed by atoms with Crippen molar-refractivity contribution in [2.75, 3.05) is 6.54 Å². The van der Waals surface area contributed by atoms with Gasteiger partial charge in [0, 0.05) is 6.42 Å². The number of amides is 4. The van der Waals surface area contributed by atoms with Crippen LogP contribution in [-0.4, -0.2) is 41.1 Å². The van der Waals surface area contributed by atoms with Crippen molar-refractivity contribution in [2.45, 2.75) is 12.5 Å². The van der Waals surface area contributed by atoms with Crippen molar-refractivity contribution < 1.29 is 19.2 Å². The van der Waals surface area contributed by atoms with Gasteiger partial charge in [-0.1, -0.05) is 42.5 Å². The van der Waals surface area contributed by atoms with Crippen molar-refractivity contribution in [3.63, 3.8) is 0 Å². The van der Waals surface area contributed by atoms with Gasteiger partial charge >= 0.3 is 0 Å². The molecule has 0 saturated heterocycles. The minimum atomic E-state index is -1.08. The molecule has 1 atom stereocenters. The zero-order valence-electron chi connectivity index (χ0n) is 13.8. The molecule has 0 radical (unpaired) electrons. The van der Waals surface area contributed by atoms with Crippen LogP contribution in [0.1, 0.15) is 26.3 Å². The quantitative estimate of drug-likeness (QED) is 0.738. The van der Waals surface area contributed by atoms with Crippen molar-refractivity contribution in [1.29, 1.82) is 0 Å². The summed E-state index contributed by atoms with van der Waals surface area (Å²) in [6.07, 6.45) is 0.136. The lowest BCUT2D eigenvalue weighted by atomic mass is 10.0. The van der Waals surface area contributed by atoms with Crippen LogP contribution in [0.25, 0.3) is 0 Å². The van der Waals surface area contributed by atoms with E-state index < -0.39 is 29.7 Å². The van der Waals surface area contributed by atoms with E-state index in [4.69, 9.17) is 5.73 Å². The zero-order valence-corrected chi connectivity index (χ0v) is 13.8. The summed E-state index contributed by atoms with van der Waals surface area (Å²) in [6, 6.07) is 14.4. The Balaban J connectivity index is 1.93. The largest absolute Gasteiger partial charge is 0.368 e. The van der Waals surface area contributed by atoms with Crippen molar-refractivity contribution in [3.8, 4) is 0 Å². The van der Waals surface area contributed by atoms with E-state index in [1.54, 1.807) is 48.5 Å². The van der Waals surface area contributed by atoms with Crippen molar-refractivity contribution in [3.05, 3.63) is 71.3 Å². The van der Waals surface area contributed by atoms with Gasteiger partial charge in [-0.25, -0.2) is 0 Å². The zero-order chi connectivity index (χ0) is 18.7. The Morgan fingerprint density at radius 3 is 2.00 bits per heavy atom. The van der Waals surface area contributed by atoms with Gasteiger partial charge in [0.25, 0.3) is 11.8 Å². The molecule has 0 spiro atoms. The summed E-state index contributed by atoms with van der Waals surface area (Å²) in [6.45, 7) is -0.368. The predicted octanol–water partition coefficient (Wildman–Crippen LogP) is 0.495. The second-order valence-electron chi connectivity index (χ2n) is 5.92. The van der Waals surface area contributed by atoms with Gasteiger partial charge in [0.15, 0.2) is 0 Å². The van der Waals surface area contributed by atoms with Crippen LogP contribution in [0.2, 0.25) is 0 Å². The number of rotatable bonds is 6. The molecule has 7 nitrogen and oxygen atoms in total. The second kappa shape index (κ2) is 7.18. The lowest BCUT2D eigenvalue weighted by Crippen LogP contribution is -2.52. The third kappa shape index (κ3) is 3.32. The van der Waals surface area contributed by atoms with Crippen LogP contribution in [0, 0.1) is 0 Å². The van der Waals surface area contributed by atoms with Crippen molar-refractivity contribution in [1.82, 2.24) is 10.2 Å². The molecule has 26 heavy (non-hydrogen) atoms. The molecule has 3 rings (SSSR count). The monoisotopic (exact) mass is 351 g/mol. The minimum absolute atomic E-state index is 0.136. The minimum Gasteiger partial charge on any atom is -0.368 e. The smallest absolute Gasteiger partial charge is 0.262 e. The Labute approximate surface area is 149 Å². The molecule has 0 fully saturated rings. The highest BCUT2D eigenvalue weighted by atomic mass is 16.2. The van der Waals surface area contributed by atoms with Crippen LogP contribution in [-0.2, 0) is 16.0 Å². The summed E-state index contributed by atoms with van der Waals surface area (Å²) >= 11 is 0. The average molecular weight is 351 g/mol. The van der Waals surface area contributed by atoms with Crippen LogP contribution < -0.4 is 11.1 Å². The molecular formula is C19H17N3O4. The first-order valence-corrected chi connectivity index (χ1v) is 8.06. The van der Waals surface area contributed by atoms with Crippen LogP contribution >= 0.6 is 0 Å². The lowest BCUT2D eigenvalue weighted by molar-refractivity contribution is -0.127. The summed E-state index contributed by atoms with van der Waals surface area (Å²) in [5, 5.41) is 2.39. The number of carbonyl (C=O) groups excluding carboxylic acids is 4. The number of hydrogen-bond donors (Lipinski definition) is 2. The van der Waals surface area contributed by atoms with E-state index in [1.165, 1.54) is 0 Å². The topological polar surface area (TPSA) is 110 Å². The fourth-order valence-corrected chi connectivity index (χ4v) is 2.92. The lowest BCUT2D eigenvalue weighted by Gasteiger charge is -2.25. The fourth-order valence-electron chi connectivity index (χ4n) is 2.92. The van der Waals surface area contributed by atoms with Crippen molar-refractivity contribution in [2.24, 2.45) is 5.73 Å². The van der Waals surface area contributed by atoms with E-state index in [0.717, 1.165) is 10.5 Å². The van der Waals surface area contributed by atoms with Crippen LogP contribution in [0.15, 0.2) is 54.6 Å². The molecule has 0 unspecified atom stereocenters. The number of carbonyl (C=O) groups is 4. The summed E-state index contributed by atoms with van der Waals surface area (Å²) in [5.41, 5.74) is 6.37. The van der Waals surface area contributed by atoms with E-state index in [1.807, 2.05) is 6.07 Å². The van der Waals surface area contributed by atoms with Crippen molar-refractivity contribution >= 4 is 23.6 Å². The molecule has 7 heteroatoms. The number of imide groups is 1. The molecule has 1 aliphatic rings. The molecule has 2 aromatic carbocycles. The fraction of sp³-hybridized carbons (Fsp3) is 0.158. The highest BCUT2D eigenvalue weighted by molar-refractivity contribution is 6.22. The second-order valence-corrected chi connectivity index (χ2v) is 5.92. The molecule has 0 aliphatic carbocycles. The Morgan fingerprint density at radius 1 is 0.923 bits per heavy atom. The molecule has 1 aliphatic heterocycles. The first-order chi connectivity index (χ1) is 12.5. The van der Waals surface area contributed by atoms with Crippen LogP contribution in [0.4, 0.5) is 0 Å². The van der Waals surface area contributed by atoms with Gasteiger partial charge in [-0.2, -0.15) is 0 Å². The van der Waals surface area contributed by atoms with E-state index in [0.29, 0.717) is 0 Å². The number of nitrogens with zero attached hydrogens (tertiary/aromatic N) is 1. The molecule has 0 saturated carbocycles. The van der Waals surface area contributed by atoms with Gasteiger partial charge < -0.3 is 11.1 Å². The average Bonchev–Trinajstić information content (AvgIpc) is 2.90. The standard InChI is InChI=1S/C19H17N3O4/c20-16(23)11-21-17(24)15(10-12-6-2-1-3-7-12)22-18(25)13-8-4-5-9-14(13)19(22)26/h1-9,15H,10-11H2,(H2,20,23)(H,21,24)/t15-/m0/s1. The maximum absolute atomic E-state index is 12.7. The normalized spacial score (nSPS) is 14.1. The first-order valence-electron chi connectivity index (χ1n) is 8.06. The summed E-state index contributed by atoms with van der Waals surface area (Å²) < 4.78 is 0. The van der Waals surface area contributed by atoms with Gasteiger partial charge in [-0.3, -0.25) is 24.1 Å². The summed E-state index contributed by atoms with van der Waals surface area (Å²) in [7, 11) is 0. The SMILES string of the molecule is NC(=O)CNC(=O)[C@H](Cc1ccccc1)N1C(=O)c2ccccc2C1=O. The maximum Gasteiger partial charge on any atom is 0.262 e. The van der Waals surface area contributed by atoms with Crippen LogP contribution in [0.3, 0.4) is 0 Å². The molecule has 4 amide bonds. The molecule has 3 N–H and O–H groups in total. The maximum atomic E-state index is 12.7. The van der Waals surface area contributed by atoms with Gasteiger partial charge in [-0.05, 0) is 17.7 Å². The summed E-state index contributed by atoms with van der Waals surface area (Å²) in [5.74, 6) is -2.37. The van der Waals surface area contributed by atoms with Gasteiger partial charge in [0.1, 0.15) is 6.04 Å². The van der Waals surface area contributed by atoms with E-state index >= 15 is 0 Å². The number of nitrogens with two attached hydrogens (primary N) is 1. The highest BCUT2D eigenvalue weighted by Gasteiger charge is 2.42. The van der Waals surface area contributed by atoms with E-state index in [-0.39, 0.29) is 24.1 Å². The van der Waals surface area contributed by atoms with Gasteiger partial charge in [0.05, 0.1) is 17.7 Å². The molecule has 0 bridgehead atoms. The predicted molar refractivity (Wildman–Crippen MR) is 93.1 cm³/mol. The molecule has 2 aromatic rings. The third-order valence-corrected chi connectivity index (χ3v) is 4.15. The Morgan fingerprint density at radius 2 is 1.46 bits per heavy atom. The number of benzene rings is 2. The highest BCUT2D eigenvalue weighted by Crippen LogP contribution is 2.26. The Kier molecular flexibility index (Phi) is 4.79. The third-order valence-electron chi connectivity index (χ3n) is 4.15. The molecule has 1 heterocycles. The van der Waals surface area contributed by atoms with Gasteiger partial charge in [0.2, 0.25) is 11.8 Å². The molecule has 132 valence electrons. The molecule has 0 aromatic heterocycles. The Hall–Kier alpha value is -3.48. The first kappa shape index (κ1) is 17.3. The van der Waals surface area contributed by atoms with Crippen LogP contribution in [0.5, 0.6) is 0 Å². The van der Waals surface area contributed by atoms with E-state index in [9.17, 15) is 19.2 Å². The number of fused-ring (bicyclic) bond motifs is 1. The number of hydrogen-bond acceptors (Lipinski definition) is 4. The van der Waals surface area contributed by atoms with E-state index in [2.05, 4.69) is 5.32 Å². The molecular weight excluding hydrogens is 334 g/mol. The number of primary amides is 1. The Bertz CT molecular complexity index is 844. The van der Waals surface area contributed by atoms with Gasteiger partial charge in [-0.15, -0.1) is 0 Å².